The highest BCUT2D eigenvalue weighted by Gasteiger charge is 2.36. The summed E-state index contributed by atoms with van der Waals surface area (Å²) in [5, 5.41) is 10.9. The molecule has 1 saturated carbocycles. The van der Waals surface area contributed by atoms with Crippen LogP contribution in [0.1, 0.15) is 50.4 Å². The average molecular weight is 420 g/mol. The van der Waals surface area contributed by atoms with Crippen LogP contribution in [0, 0.1) is 18.3 Å². The van der Waals surface area contributed by atoms with Crippen molar-refractivity contribution in [2.24, 2.45) is 11.3 Å². The zero-order valence-electron chi connectivity index (χ0n) is 16.5. The topological polar surface area (TPSA) is 49.2 Å². The van der Waals surface area contributed by atoms with E-state index in [1.807, 2.05) is 19.1 Å². The van der Waals surface area contributed by atoms with Gasteiger partial charge in [0.05, 0.1) is 28.0 Å². The number of aromatic nitrogens is 2. The van der Waals surface area contributed by atoms with E-state index in [4.69, 9.17) is 33.2 Å². The van der Waals surface area contributed by atoms with Gasteiger partial charge in [-0.25, -0.2) is 9.97 Å². The molecule has 1 aromatic heterocycles. The second-order valence-electron chi connectivity index (χ2n) is 8.63. The Morgan fingerprint density at radius 3 is 2.54 bits per heavy atom. The lowest BCUT2D eigenvalue weighted by Crippen LogP contribution is -2.40. The fourth-order valence-electron chi connectivity index (χ4n) is 4.32. The van der Waals surface area contributed by atoms with Gasteiger partial charge in [-0.15, -0.1) is 0 Å². The maximum absolute atomic E-state index is 9.98. The molecule has 28 heavy (non-hydrogen) atoms. The molecule has 0 unspecified atom stereocenters. The summed E-state index contributed by atoms with van der Waals surface area (Å²) in [6.07, 6.45) is 6.50. The maximum Gasteiger partial charge on any atom is 0.153 e. The highest BCUT2D eigenvalue weighted by molar-refractivity contribution is 6.43. The van der Waals surface area contributed by atoms with Gasteiger partial charge in [-0.3, -0.25) is 0 Å². The molecule has 1 N–H and O–H groups in total. The van der Waals surface area contributed by atoms with E-state index >= 15 is 0 Å². The molecule has 1 saturated heterocycles. The van der Waals surface area contributed by atoms with E-state index in [1.165, 1.54) is 19.3 Å². The van der Waals surface area contributed by atoms with Crippen molar-refractivity contribution in [2.75, 3.05) is 18.0 Å². The van der Waals surface area contributed by atoms with E-state index in [-0.39, 0.29) is 6.61 Å². The first-order chi connectivity index (χ1) is 13.4. The lowest BCUT2D eigenvalue weighted by atomic mass is 9.76. The fourth-order valence-corrected chi connectivity index (χ4v) is 4.71. The SMILES string of the molecule is Cc1nc(N2CCC(C)(CC3CC3)CC2)c(CO)nc1-c1cccc(Cl)c1Cl. The number of benzene rings is 1. The van der Waals surface area contributed by atoms with Crippen LogP contribution in [0.5, 0.6) is 0 Å². The van der Waals surface area contributed by atoms with E-state index in [0.717, 1.165) is 48.9 Å². The van der Waals surface area contributed by atoms with Gasteiger partial charge in [0, 0.05) is 18.7 Å². The molecular weight excluding hydrogens is 393 g/mol. The van der Waals surface area contributed by atoms with Crippen LogP contribution in [0.3, 0.4) is 0 Å². The molecule has 0 atom stereocenters. The number of hydrogen-bond donors (Lipinski definition) is 1. The zero-order valence-corrected chi connectivity index (χ0v) is 18.0. The molecule has 1 aliphatic heterocycles. The van der Waals surface area contributed by atoms with Gasteiger partial charge in [-0.2, -0.15) is 0 Å². The van der Waals surface area contributed by atoms with Gasteiger partial charge >= 0.3 is 0 Å². The van der Waals surface area contributed by atoms with Gasteiger partial charge < -0.3 is 10.0 Å². The van der Waals surface area contributed by atoms with Crippen LogP contribution in [-0.4, -0.2) is 28.2 Å². The van der Waals surface area contributed by atoms with Gasteiger partial charge in [0.25, 0.3) is 0 Å². The molecule has 1 aromatic carbocycles. The minimum atomic E-state index is -0.149. The van der Waals surface area contributed by atoms with Crippen molar-refractivity contribution in [3.8, 4) is 11.3 Å². The molecule has 6 heteroatoms. The first-order valence-corrected chi connectivity index (χ1v) is 10.8. The number of anilines is 1. The van der Waals surface area contributed by atoms with Gasteiger partial charge in [-0.1, -0.05) is 55.1 Å². The molecule has 0 amide bonds. The summed E-state index contributed by atoms with van der Waals surface area (Å²) >= 11 is 12.6. The van der Waals surface area contributed by atoms with E-state index in [0.29, 0.717) is 26.8 Å². The normalized spacial score (nSPS) is 19.1. The van der Waals surface area contributed by atoms with Gasteiger partial charge in [0.2, 0.25) is 0 Å². The molecule has 4 rings (SSSR count). The molecule has 0 bridgehead atoms. The first-order valence-electron chi connectivity index (χ1n) is 10.1. The summed E-state index contributed by atoms with van der Waals surface area (Å²) in [6, 6.07) is 5.49. The van der Waals surface area contributed by atoms with Crippen LogP contribution in [0.4, 0.5) is 5.82 Å². The third kappa shape index (κ3) is 4.00. The lowest BCUT2D eigenvalue weighted by Gasteiger charge is -2.40. The summed E-state index contributed by atoms with van der Waals surface area (Å²) < 4.78 is 0. The molecule has 2 fully saturated rings. The van der Waals surface area contributed by atoms with Crippen molar-refractivity contribution in [2.45, 2.75) is 52.6 Å². The Bertz CT molecular complexity index is 874. The summed E-state index contributed by atoms with van der Waals surface area (Å²) in [5.41, 5.74) is 3.25. The van der Waals surface area contributed by atoms with Crippen molar-refractivity contribution in [3.63, 3.8) is 0 Å². The van der Waals surface area contributed by atoms with E-state index in [2.05, 4.69) is 11.8 Å². The third-order valence-electron chi connectivity index (χ3n) is 6.23. The minimum Gasteiger partial charge on any atom is -0.390 e. The summed E-state index contributed by atoms with van der Waals surface area (Å²) in [6.45, 7) is 6.13. The molecule has 2 aliphatic rings. The van der Waals surface area contributed by atoms with E-state index < -0.39 is 0 Å². The van der Waals surface area contributed by atoms with Crippen molar-refractivity contribution in [1.29, 1.82) is 0 Å². The highest BCUT2D eigenvalue weighted by Crippen LogP contribution is 2.46. The maximum atomic E-state index is 9.98. The smallest absolute Gasteiger partial charge is 0.153 e. The minimum absolute atomic E-state index is 0.149. The standard InChI is InChI=1S/C22H27Cl2N3O/c1-14-20(16-4-3-5-17(23)19(16)24)26-18(13-28)21(25-14)27-10-8-22(2,9-11-27)12-15-6-7-15/h3-5,15,28H,6-13H2,1-2H3. The Hall–Kier alpha value is -1.36. The third-order valence-corrected chi connectivity index (χ3v) is 7.05. The number of piperidine rings is 1. The van der Waals surface area contributed by atoms with E-state index in [1.54, 1.807) is 6.07 Å². The van der Waals surface area contributed by atoms with Crippen LogP contribution in [-0.2, 0) is 6.61 Å². The Morgan fingerprint density at radius 2 is 1.89 bits per heavy atom. The largest absolute Gasteiger partial charge is 0.390 e. The Kier molecular flexibility index (Phi) is 5.56. The number of aryl methyl sites for hydroxylation is 1. The second kappa shape index (κ2) is 7.81. The summed E-state index contributed by atoms with van der Waals surface area (Å²) in [7, 11) is 0. The molecule has 2 heterocycles. The summed E-state index contributed by atoms with van der Waals surface area (Å²) in [4.78, 5) is 11.9. The van der Waals surface area contributed by atoms with Gasteiger partial charge in [0.1, 0.15) is 5.69 Å². The van der Waals surface area contributed by atoms with Crippen molar-refractivity contribution in [3.05, 3.63) is 39.6 Å². The van der Waals surface area contributed by atoms with Crippen LogP contribution < -0.4 is 4.90 Å². The Balaban J connectivity index is 1.60. The molecule has 1 aliphatic carbocycles. The predicted octanol–water partition coefficient (Wildman–Crippen LogP) is 5.66. The number of hydrogen-bond acceptors (Lipinski definition) is 4. The molecule has 4 nitrogen and oxygen atoms in total. The molecule has 0 spiro atoms. The number of rotatable bonds is 5. The quantitative estimate of drug-likeness (QED) is 0.678. The van der Waals surface area contributed by atoms with Gasteiger partial charge in [0.15, 0.2) is 5.82 Å². The fraction of sp³-hybridized carbons (Fsp3) is 0.545. The summed E-state index contributed by atoms with van der Waals surface area (Å²) in [5.74, 6) is 1.75. The zero-order chi connectivity index (χ0) is 19.9. The number of halogens is 2. The molecular formula is C22H27Cl2N3O. The van der Waals surface area contributed by atoms with E-state index in [9.17, 15) is 5.11 Å². The molecule has 150 valence electrons. The highest BCUT2D eigenvalue weighted by atomic mass is 35.5. The lowest BCUT2D eigenvalue weighted by molar-refractivity contribution is 0.214. The van der Waals surface area contributed by atoms with Gasteiger partial charge in [-0.05, 0) is 43.6 Å². The predicted molar refractivity (Wildman–Crippen MR) is 115 cm³/mol. The average Bonchev–Trinajstić information content (AvgIpc) is 3.48. The van der Waals surface area contributed by atoms with Crippen LogP contribution >= 0.6 is 23.2 Å². The number of nitrogens with zero attached hydrogens (tertiary/aromatic N) is 3. The van der Waals surface area contributed by atoms with Crippen molar-refractivity contribution in [1.82, 2.24) is 9.97 Å². The molecule has 2 aromatic rings. The van der Waals surface area contributed by atoms with Crippen LogP contribution in [0.25, 0.3) is 11.3 Å². The first kappa shape index (κ1) is 19.9. The number of aliphatic hydroxyl groups excluding tert-OH is 1. The Labute approximate surface area is 176 Å². The van der Waals surface area contributed by atoms with Crippen LogP contribution in [0.15, 0.2) is 18.2 Å². The van der Waals surface area contributed by atoms with Crippen molar-refractivity contribution < 1.29 is 5.11 Å². The monoisotopic (exact) mass is 419 g/mol. The number of aliphatic hydroxyl groups is 1. The molecule has 0 radical (unpaired) electrons. The Morgan fingerprint density at radius 1 is 1.18 bits per heavy atom. The second-order valence-corrected chi connectivity index (χ2v) is 9.42. The van der Waals surface area contributed by atoms with Crippen LogP contribution in [0.2, 0.25) is 10.0 Å². The van der Waals surface area contributed by atoms with Crippen molar-refractivity contribution >= 4 is 29.0 Å².